The van der Waals surface area contributed by atoms with Gasteiger partial charge in [-0.25, -0.2) is 8.42 Å². The van der Waals surface area contributed by atoms with Gasteiger partial charge in [0.15, 0.2) is 15.0 Å². The third-order valence-corrected chi connectivity index (χ3v) is 5.04. The summed E-state index contributed by atoms with van der Waals surface area (Å²) in [6, 6.07) is 6.38. The van der Waals surface area contributed by atoms with Crippen molar-refractivity contribution in [2.24, 2.45) is 0 Å². The SMILES string of the molecule is CC(C)n1cnnc1SCC(=O)Nc1cccc(S(C)(=O)=O)c1. The lowest BCUT2D eigenvalue weighted by Gasteiger charge is -2.09. The molecule has 0 aliphatic rings. The molecule has 0 atom stereocenters. The Morgan fingerprint density at radius 2 is 2.13 bits per heavy atom. The van der Waals surface area contributed by atoms with Gasteiger partial charge in [-0.05, 0) is 32.0 Å². The molecule has 0 aliphatic carbocycles. The van der Waals surface area contributed by atoms with Crippen molar-refractivity contribution in [3.63, 3.8) is 0 Å². The lowest BCUT2D eigenvalue weighted by molar-refractivity contribution is -0.113. The van der Waals surface area contributed by atoms with E-state index in [1.54, 1.807) is 18.5 Å². The first kappa shape index (κ1) is 17.5. The number of anilines is 1. The Morgan fingerprint density at radius 3 is 2.78 bits per heavy atom. The van der Waals surface area contributed by atoms with Crippen LogP contribution in [0.1, 0.15) is 19.9 Å². The van der Waals surface area contributed by atoms with Gasteiger partial charge in [0, 0.05) is 18.0 Å². The summed E-state index contributed by atoms with van der Waals surface area (Å²) in [4.78, 5) is 12.2. The summed E-state index contributed by atoms with van der Waals surface area (Å²) in [6.07, 6.45) is 2.75. The molecule has 0 radical (unpaired) electrons. The minimum Gasteiger partial charge on any atom is -0.325 e. The van der Waals surface area contributed by atoms with Gasteiger partial charge < -0.3 is 9.88 Å². The molecule has 0 spiro atoms. The number of nitrogens with zero attached hydrogens (tertiary/aromatic N) is 3. The second-order valence-electron chi connectivity index (χ2n) is 5.25. The van der Waals surface area contributed by atoms with Crippen LogP contribution in [0.4, 0.5) is 5.69 Å². The molecule has 9 heteroatoms. The Balaban J connectivity index is 1.99. The number of hydrogen-bond donors (Lipinski definition) is 1. The standard InChI is InChI=1S/C14H18N4O3S2/c1-10(2)18-9-15-17-14(18)22-8-13(19)16-11-5-4-6-12(7-11)23(3,20)21/h4-7,9-10H,8H2,1-3H3,(H,16,19). The molecule has 1 aromatic heterocycles. The number of sulfone groups is 1. The van der Waals surface area contributed by atoms with Crippen LogP contribution in [-0.4, -0.2) is 41.1 Å². The smallest absolute Gasteiger partial charge is 0.234 e. The predicted octanol–water partition coefficient (Wildman–Crippen LogP) is 1.99. The van der Waals surface area contributed by atoms with E-state index in [1.807, 2.05) is 18.4 Å². The molecule has 0 aliphatic heterocycles. The molecule has 1 aromatic carbocycles. The highest BCUT2D eigenvalue weighted by molar-refractivity contribution is 7.99. The van der Waals surface area contributed by atoms with E-state index in [9.17, 15) is 13.2 Å². The fourth-order valence-corrected chi connectivity index (χ4v) is 3.33. The van der Waals surface area contributed by atoms with Gasteiger partial charge in [0.25, 0.3) is 0 Å². The third kappa shape index (κ3) is 4.80. The summed E-state index contributed by atoms with van der Waals surface area (Å²) in [5.74, 6) is -0.0759. The van der Waals surface area contributed by atoms with Gasteiger partial charge in [0.05, 0.1) is 10.6 Å². The van der Waals surface area contributed by atoms with Gasteiger partial charge in [0.2, 0.25) is 5.91 Å². The van der Waals surface area contributed by atoms with Crippen LogP contribution in [-0.2, 0) is 14.6 Å². The van der Waals surface area contributed by atoms with E-state index in [2.05, 4.69) is 15.5 Å². The van der Waals surface area contributed by atoms with Crippen LogP contribution >= 0.6 is 11.8 Å². The maximum absolute atomic E-state index is 12.0. The lowest BCUT2D eigenvalue weighted by Crippen LogP contribution is -2.15. The van der Waals surface area contributed by atoms with E-state index < -0.39 is 9.84 Å². The molecule has 0 bridgehead atoms. The van der Waals surface area contributed by atoms with E-state index in [4.69, 9.17) is 0 Å². The van der Waals surface area contributed by atoms with Crippen molar-refractivity contribution in [1.29, 1.82) is 0 Å². The zero-order valence-electron chi connectivity index (χ0n) is 13.1. The Hall–Kier alpha value is -1.87. The number of nitrogens with one attached hydrogen (secondary N) is 1. The highest BCUT2D eigenvalue weighted by Gasteiger charge is 2.12. The molecule has 1 amide bonds. The van der Waals surface area contributed by atoms with Crippen LogP contribution in [0, 0.1) is 0 Å². The van der Waals surface area contributed by atoms with E-state index in [1.165, 1.54) is 23.9 Å². The van der Waals surface area contributed by atoms with Crippen LogP contribution in [0.5, 0.6) is 0 Å². The monoisotopic (exact) mass is 354 g/mol. The van der Waals surface area contributed by atoms with Crippen molar-refractivity contribution in [3.05, 3.63) is 30.6 Å². The molecule has 23 heavy (non-hydrogen) atoms. The lowest BCUT2D eigenvalue weighted by atomic mass is 10.3. The Bertz CT molecular complexity index is 800. The zero-order chi connectivity index (χ0) is 17.0. The summed E-state index contributed by atoms with van der Waals surface area (Å²) >= 11 is 1.28. The largest absolute Gasteiger partial charge is 0.325 e. The summed E-state index contributed by atoms with van der Waals surface area (Å²) in [5, 5.41) is 11.2. The normalized spacial score (nSPS) is 11.7. The topological polar surface area (TPSA) is 93.9 Å². The van der Waals surface area contributed by atoms with E-state index in [0.29, 0.717) is 10.8 Å². The molecule has 2 aromatic rings. The number of amides is 1. The molecule has 1 heterocycles. The number of rotatable bonds is 6. The van der Waals surface area contributed by atoms with Gasteiger partial charge in [0.1, 0.15) is 6.33 Å². The fourth-order valence-electron chi connectivity index (χ4n) is 1.82. The zero-order valence-corrected chi connectivity index (χ0v) is 14.7. The molecule has 2 rings (SSSR count). The van der Waals surface area contributed by atoms with Crippen LogP contribution in [0.15, 0.2) is 40.6 Å². The van der Waals surface area contributed by atoms with Crippen LogP contribution < -0.4 is 5.32 Å². The third-order valence-electron chi connectivity index (χ3n) is 2.97. The van der Waals surface area contributed by atoms with Crippen molar-refractivity contribution in [2.45, 2.75) is 29.9 Å². The molecular weight excluding hydrogens is 336 g/mol. The van der Waals surface area contributed by atoms with Crippen molar-refractivity contribution in [1.82, 2.24) is 14.8 Å². The maximum atomic E-state index is 12.0. The van der Waals surface area contributed by atoms with Crippen molar-refractivity contribution in [2.75, 3.05) is 17.3 Å². The first-order valence-electron chi connectivity index (χ1n) is 6.89. The molecule has 0 saturated carbocycles. The number of carbonyl (C=O) groups excluding carboxylic acids is 1. The number of carbonyl (C=O) groups is 1. The van der Waals surface area contributed by atoms with Gasteiger partial charge in [-0.15, -0.1) is 10.2 Å². The van der Waals surface area contributed by atoms with E-state index >= 15 is 0 Å². The minimum atomic E-state index is -3.30. The number of aromatic nitrogens is 3. The van der Waals surface area contributed by atoms with Gasteiger partial charge in [-0.1, -0.05) is 17.8 Å². The molecule has 7 nitrogen and oxygen atoms in total. The van der Waals surface area contributed by atoms with Crippen molar-refractivity contribution < 1.29 is 13.2 Å². The van der Waals surface area contributed by atoms with Gasteiger partial charge in [-0.2, -0.15) is 0 Å². The minimum absolute atomic E-state index is 0.161. The first-order valence-corrected chi connectivity index (χ1v) is 9.77. The maximum Gasteiger partial charge on any atom is 0.234 e. The van der Waals surface area contributed by atoms with Crippen molar-refractivity contribution >= 4 is 33.2 Å². The Labute approximate surface area is 139 Å². The Morgan fingerprint density at radius 1 is 1.39 bits per heavy atom. The fraction of sp³-hybridized carbons (Fsp3) is 0.357. The predicted molar refractivity (Wildman–Crippen MR) is 89.3 cm³/mol. The summed E-state index contributed by atoms with van der Waals surface area (Å²) in [6.45, 7) is 4.01. The number of benzene rings is 1. The molecule has 124 valence electrons. The highest BCUT2D eigenvalue weighted by Crippen LogP contribution is 2.20. The van der Waals surface area contributed by atoms with Crippen LogP contribution in [0.3, 0.4) is 0 Å². The van der Waals surface area contributed by atoms with Crippen LogP contribution in [0.2, 0.25) is 0 Å². The summed E-state index contributed by atoms with van der Waals surface area (Å²) in [5.41, 5.74) is 0.448. The molecule has 0 unspecified atom stereocenters. The number of thioether (sulfide) groups is 1. The van der Waals surface area contributed by atoms with Gasteiger partial charge >= 0.3 is 0 Å². The summed E-state index contributed by atoms with van der Waals surface area (Å²) in [7, 11) is -3.30. The van der Waals surface area contributed by atoms with Crippen molar-refractivity contribution in [3.8, 4) is 0 Å². The molecule has 1 N–H and O–H groups in total. The van der Waals surface area contributed by atoms with Crippen LogP contribution in [0.25, 0.3) is 0 Å². The average molecular weight is 354 g/mol. The number of hydrogen-bond acceptors (Lipinski definition) is 6. The molecule has 0 fully saturated rings. The average Bonchev–Trinajstić information content (AvgIpc) is 2.93. The quantitative estimate of drug-likeness (QED) is 0.797. The Kier molecular flexibility index (Phi) is 5.42. The van der Waals surface area contributed by atoms with Gasteiger partial charge in [-0.3, -0.25) is 4.79 Å². The second kappa shape index (κ2) is 7.14. The summed E-state index contributed by atoms with van der Waals surface area (Å²) < 4.78 is 24.9. The molecule has 0 saturated heterocycles. The van der Waals surface area contributed by atoms with E-state index in [0.717, 1.165) is 6.26 Å². The molecular formula is C14H18N4O3S2. The highest BCUT2D eigenvalue weighted by atomic mass is 32.2. The second-order valence-corrected chi connectivity index (χ2v) is 8.21. The first-order chi connectivity index (χ1) is 10.8. The van der Waals surface area contributed by atoms with E-state index in [-0.39, 0.29) is 22.6 Å².